The third-order valence-corrected chi connectivity index (χ3v) is 3.64. The lowest BCUT2D eigenvalue weighted by molar-refractivity contribution is -0.671. The number of rotatable bonds is 3. The Bertz CT molecular complexity index is 896. The van der Waals surface area contributed by atoms with Crippen molar-refractivity contribution in [2.75, 3.05) is 0 Å². The Morgan fingerprint density at radius 2 is 1.86 bits per heavy atom. The van der Waals surface area contributed by atoms with Gasteiger partial charge < -0.3 is 5.11 Å². The van der Waals surface area contributed by atoms with Crippen LogP contribution in [0.15, 0.2) is 65.6 Å². The normalized spacial score (nSPS) is 11.3. The summed E-state index contributed by atoms with van der Waals surface area (Å²) < 4.78 is 3.27. The smallest absolute Gasteiger partial charge is 0.349 e. The fourth-order valence-corrected chi connectivity index (χ4v) is 2.45. The van der Waals surface area contributed by atoms with Gasteiger partial charge in [-0.25, -0.2) is 4.79 Å². The van der Waals surface area contributed by atoms with Crippen LogP contribution in [-0.2, 0) is 6.54 Å². The standard InChI is InChI=1S/C18H16N2O2/c1-14-17(21)19-12-6-5-11-16(19)20(18(14)22)13-7-10-15-8-3-2-4-9-15/h2-12H,13H2,1H3/p+1. The molecular formula is C18H17N2O2+. The van der Waals surface area contributed by atoms with E-state index in [2.05, 4.69) is 0 Å². The molecule has 0 aliphatic carbocycles. The van der Waals surface area contributed by atoms with Gasteiger partial charge in [0.2, 0.25) is 0 Å². The molecule has 0 fully saturated rings. The number of nitrogens with zero attached hydrogens (tertiary/aromatic N) is 2. The van der Waals surface area contributed by atoms with E-state index in [1.165, 1.54) is 0 Å². The van der Waals surface area contributed by atoms with Crippen molar-refractivity contribution >= 4 is 11.7 Å². The highest BCUT2D eigenvalue weighted by Gasteiger charge is 2.19. The fraction of sp³-hybridized carbons (Fsp3) is 0.111. The van der Waals surface area contributed by atoms with E-state index < -0.39 is 0 Å². The average Bonchev–Trinajstić information content (AvgIpc) is 2.57. The summed E-state index contributed by atoms with van der Waals surface area (Å²) in [6.45, 7) is 2.11. The largest absolute Gasteiger partial charge is 0.477 e. The SMILES string of the molecule is Cc1c(O)[n+](CC=Cc2ccccc2)c2ccccn2c1=O. The fourth-order valence-electron chi connectivity index (χ4n) is 2.45. The van der Waals surface area contributed by atoms with E-state index in [0.29, 0.717) is 17.8 Å². The lowest BCUT2D eigenvalue weighted by Crippen LogP contribution is -2.40. The van der Waals surface area contributed by atoms with Crippen molar-refractivity contribution in [3.05, 3.63) is 82.3 Å². The minimum atomic E-state index is -0.198. The topological polar surface area (TPSA) is 45.6 Å². The van der Waals surface area contributed by atoms with Crippen molar-refractivity contribution in [1.82, 2.24) is 4.40 Å². The maximum absolute atomic E-state index is 12.2. The van der Waals surface area contributed by atoms with Gasteiger partial charge in [-0.3, -0.25) is 0 Å². The van der Waals surface area contributed by atoms with Gasteiger partial charge in [-0.2, -0.15) is 8.97 Å². The van der Waals surface area contributed by atoms with Gasteiger partial charge in [0.15, 0.2) is 0 Å². The molecule has 0 amide bonds. The quantitative estimate of drug-likeness (QED) is 0.753. The second-order valence-electron chi connectivity index (χ2n) is 5.11. The van der Waals surface area contributed by atoms with E-state index in [-0.39, 0.29) is 11.4 Å². The molecule has 0 unspecified atom stereocenters. The highest BCUT2D eigenvalue weighted by molar-refractivity contribution is 5.48. The summed E-state index contributed by atoms with van der Waals surface area (Å²) in [5.41, 5.74) is 1.90. The molecule has 0 atom stereocenters. The first kappa shape index (κ1) is 14.1. The van der Waals surface area contributed by atoms with E-state index in [9.17, 15) is 9.90 Å². The molecule has 0 aliphatic rings. The van der Waals surface area contributed by atoms with Gasteiger partial charge in [0.25, 0.3) is 11.5 Å². The molecule has 2 heterocycles. The van der Waals surface area contributed by atoms with E-state index in [0.717, 1.165) is 5.56 Å². The molecule has 4 nitrogen and oxygen atoms in total. The Labute approximate surface area is 128 Å². The third-order valence-electron chi connectivity index (χ3n) is 3.64. The monoisotopic (exact) mass is 293 g/mol. The van der Waals surface area contributed by atoms with Crippen LogP contribution in [0.5, 0.6) is 5.88 Å². The zero-order valence-electron chi connectivity index (χ0n) is 12.3. The Kier molecular flexibility index (Phi) is 3.74. The van der Waals surface area contributed by atoms with Crippen LogP contribution in [0.2, 0.25) is 0 Å². The number of hydrogen-bond acceptors (Lipinski definition) is 2. The average molecular weight is 293 g/mol. The second-order valence-corrected chi connectivity index (χ2v) is 5.11. The van der Waals surface area contributed by atoms with Gasteiger partial charge in [0, 0.05) is 6.07 Å². The predicted molar refractivity (Wildman–Crippen MR) is 85.7 cm³/mol. The molecule has 2 aromatic heterocycles. The van der Waals surface area contributed by atoms with Crippen LogP contribution in [0.25, 0.3) is 11.7 Å². The number of allylic oxidation sites excluding steroid dienone is 1. The Morgan fingerprint density at radius 1 is 1.14 bits per heavy atom. The van der Waals surface area contributed by atoms with Gasteiger partial charge >= 0.3 is 5.56 Å². The summed E-state index contributed by atoms with van der Waals surface area (Å²) in [6, 6.07) is 15.4. The van der Waals surface area contributed by atoms with Crippen LogP contribution in [0.3, 0.4) is 0 Å². The molecule has 0 saturated heterocycles. The zero-order valence-corrected chi connectivity index (χ0v) is 12.3. The van der Waals surface area contributed by atoms with Crippen molar-refractivity contribution in [3.8, 4) is 5.88 Å². The molecular weight excluding hydrogens is 276 g/mol. The molecule has 4 heteroatoms. The van der Waals surface area contributed by atoms with Gasteiger partial charge in [-0.05, 0) is 24.6 Å². The first-order chi connectivity index (χ1) is 10.7. The maximum atomic E-state index is 12.2. The minimum absolute atomic E-state index is 0.00825. The van der Waals surface area contributed by atoms with Crippen LogP contribution in [0, 0.1) is 6.92 Å². The molecule has 0 spiro atoms. The van der Waals surface area contributed by atoms with Gasteiger partial charge in [-0.15, -0.1) is 0 Å². The number of aromatic nitrogens is 2. The summed E-state index contributed by atoms with van der Waals surface area (Å²) in [7, 11) is 0. The highest BCUT2D eigenvalue weighted by atomic mass is 16.3. The van der Waals surface area contributed by atoms with E-state index >= 15 is 0 Å². The number of fused-ring (bicyclic) bond motifs is 1. The van der Waals surface area contributed by atoms with Crippen LogP contribution >= 0.6 is 0 Å². The molecule has 0 bridgehead atoms. The number of pyridine rings is 1. The molecule has 1 aromatic carbocycles. The van der Waals surface area contributed by atoms with Gasteiger partial charge in [-0.1, -0.05) is 42.5 Å². The van der Waals surface area contributed by atoms with Crippen molar-refractivity contribution in [3.63, 3.8) is 0 Å². The van der Waals surface area contributed by atoms with Gasteiger partial charge in [0.1, 0.15) is 12.1 Å². The van der Waals surface area contributed by atoms with E-state index in [4.69, 9.17) is 0 Å². The van der Waals surface area contributed by atoms with Gasteiger partial charge in [0.05, 0.1) is 6.20 Å². The number of aromatic hydroxyl groups is 1. The summed E-state index contributed by atoms with van der Waals surface area (Å²) in [6.07, 6.45) is 5.67. The molecule has 1 N–H and O–H groups in total. The molecule has 110 valence electrons. The third kappa shape index (κ3) is 2.51. The zero-order chi connectivity index (χ0) is 15.5. The van der Waals surface area contributed by atoms with Crippen LogP contribution in [0.4, 0.5) is 0 Å². The molecule has 0 saturated carbocycles. The number of hydrogen-bond donors (Lipinski definition) is 1. The van der Waals surface area contributed by atoms with Crippen molar-refractivity contribution in [2.45, 2.75) is 13.5 Å². The molecule has 22 heavy (non-hydrogen) atoms. The number of benzene rings is 1. The Balaban J connectivity index is 2.04. The summed E-state index contributed by atoms with van der Waals surface area (Å²) in [5.74, 6) is 0.00825. The Morgan fingerprint density at radius 3 is 2.64 bits per heavy atom. The van der Waals surface area contributed by atoms with Crippen LogP contribution in [0.1, 0.15) is 11.1 Å². The predicted octanol–water partition coefficient (Wildman–Crippen LogP) is 2.31. The summed E-state index contributed by atoms with van der Waals surface area (Å²) in [5, 5.41) is 10.3. The lowest BCUT2D eigenvalue weighted by Gasteiger charge is -2.05. The van der Waals surface area contributed by atoms with Crippen molar-refractivity contribution in [1.29, 1.82) is 0 Å². The minimum Gasteiger partial charge on any atom is -0.477 e. The van der Waals surface area contributed by atoms with E-state index in [1.54, 1.807) is 28.2 Å². The van der Waals surface area contributed by atoms with Crippen molar-refractivity contribution < 1.29 is 9.67 Å². The first-order valence-corrected chi connectivity index (χ1v) is 7.13. The van der Waals surface area contributed by atoms with Crippen LogP contribution < -0.4 is 10.1 Å². The van der Waals surface area contributed by atoms with E-state index in [1.807, 2.05) is 54.6 Å². The van der Waals surface area contributed by atoms with Crippen molar-refractivity contribution in [2.24, 2.45) is 0 Å². The summed E-state index contributed by atoms with van der Waals surface area (Å²) in [4.78, 5) is 12.2. The molecule has 0 aliphatic heterocycles. The lowest BCUT2D eigenvalue weighted by atomic mass is 10.2. The Hall–Kier alpha value is -2.88. The summed E-state index contributed by atoms with van der Waals surface area (Å²) >= 11 is 0. The van der Waals surface area contributed by atoms with Crippen LogP contribution in [-0.4, -0.2) is 9.51 Å². The molecule has 3 rings (SSSR count). The highest BCUT2D eigenvalue weighted by Crippen LogP contribution is 2.08. The molecule has 0 radical (unpaired) electrons. The first-order valence-electron chi connectivity index (χ1n) is 7.13. The molecule has 3 aromatic rings. The maximum Gasteiger partial charge on any atom is 0.349 e. The second kappa shape index (κ2) is 5.85.